The number of hydrogen-bond donors (Lipinski definition) is 2. The van der Waals surface area contributed by atoms with E-state index in [1.807, 2.05) is 0 Å². The topological polar surface area (TPSA) is 58.6 Å². The Morgan fingerprint density at radius 1 is 1.65 bits per heavy atom. The Hall–Kier alpha value is -1.99. The number of terminal acetylenes is 1. The van der Waals surface area contributed by atoms with Gasteiger partial charge in [-0.15, -0.1) is 6.42 Å². The lowest BCUT2D eigenvalue weighted by atomic mass is 10.1. The molecule has 0 unspecified atom stereocenters. The molecular formula is C13H15NO3. The fourth-order valence-corrected chi connectivity index (χ4v) is 1.21. The highest BCUT2D eigenvalue weighted by Gasteiger charge is 2.04. The fourth-order valence-electron chi connectivity index (χ4n) is 1.21. The molecule has 1 aromatic rings. The molecule has 1 amide bonds. The van der Waals surface area contributed by atoms with E-state index < -0.39 is 6.10 Å². The predicted octanol–water partition coefficient (Wildman–Crippen LogP) is 0.868. The number of carbonyl (C=O) groups excluding carboxylic acids is 1. The van der Waals surface area contributed by atoms with Crippen LogP contribution in [0, 0.1) is 12.3 Å². The molecule has 1 atom stereocenters. The van der Waals surface area contributed by atoms with Crippen LogP contribution in [0.2, 0.25) is 0 Å². The van der Waals surface area contributed by atoms with Gasteiger partial charge in [0.05, 0.1) is 12.6 Å². The third-order valence-electron chi connectivity index (χ3n) is 2.10. The molecule has 0 radical (unpaired) electrons. The molecule has 0 saturated heterocycles. The maximum Gasteiger partial charge on any atom is 0.258 e. The zero-order valence-electron chi connectivity index (χ0n) is 9.64. The van der Waals surface area contributed by atoms with E-state index >= 15 is 0 Å². The van der Waals surface area contributed by atoms with Crippen molar-refractivity contribution in [3.63, 3.8) is 0 Å². The first-order valence-electron chi connectivity index (χ1n) is 5.24. The summed E-state index contributed by atoms with van der Waals surface area (Å²) in [5.41, 5.74) is 0.742. The molecule has 0 heterocycles. The number of amides is 1. The van der Waals surface area contributed by atoms with Crippen molar-refractivity contribution in [3.8, 4) is 18.1 Å². The van der Waals surface area contributed by atoms with Gasteiger partial charge in [0, 0.05) is 0 Å². The summed E-state index contributed by atoms with van der Waals surface area (Å²) >= 11 is 0. The van der Waals surface area contributed by atoms with Gasteiger partial charge < -0.3 is 15.2 Å². The Labute approximate surface area is 101 Å². The standard InChI is InChI=1S/C13H15NO3/c1-3-7-14-13(16)9-17-12-6-4-5-11(8-12)10(2)15/h1,4-6,8,10,15H,7,9H2,2H3,(H,14,16)/t10-/m1/s1. The van der Waals surface area contributed by atoms with Gasteiger partial charge in [0.2, 0.25) is 0 Å². The fraction of sp³-hybridized carbons (Fsp3) is 0.308. The van der Waals surface area contributed by atoms with Crippen molar-refractivity contribution < 1.29 is 14.6 Å². The summed E-state index contributed by atoms with van der Waals surface area (Å²) in [6.45, 7) is 1.76. The van der Waals surface area contributed by atoms with Crippen molar-refractivity contribution in [1.82, 2.24) is 5.32 Å². The van der Waals surface area contributed by atoms with Gasteiger partial charge in [-0.3, -0.25) is 4.79 Å². The number of hydrogen-bond acceptors (Lipinski definition) is 3. The molecular weight excluding hydrogens is 218 g/mol. The first-order valence-corrected chi connectivity index (χ1v) is 5.24. The lowest BCUT2D eigenvalue weighted by molar-refractivity contribution is -0.122. The molecule has 4 heteroatoms. The van der Waals surface area contributed by atoms with Crippen LogP contribution >= 0.6 is 0 Å². The van der Waals surface area contributed by atoms with Crippen LogP contribution in [-0.4, -0.2) is 24.2 Å². The number of nitrogens with one attached hydrogen (secondary N) is 1. The van der Waals surface area contributed by atoms with E-state index in [2.05, 4.69) is 11.2 Å². The third kappa shape index (κ3) is 4.58. The molecule has 4 nitrogen and oxygen atoms in total. The van der Waals surface area contributed by atoms with Crippen LogP contribution in [0.1, 0.15) is 18.6 Å². The lowest BCUT2D eigenvalue weighted by Crippen LogP contribution is -2.29. The molecule has 0 saturated carbocycles. The number of carbonyl (C=O) groups is 1. The van der Waals surface area contributed by atoms with E-state index in [0.717, 1.165) is 5.56 Å². The van der Waals surface area contributed by atoms with Crippen molar-refractivity contribution in [2.45, 2.75) is 13.0 Å². The van der Waals surface area contributed by atoms with E-state index in [-0.39, 0.29) is 19.1 Å². The molecule has 1 rings (SSSR count). The van der Waals surface area contributed by atoms with Crippen molar-refractivity contribution in [1.29, 1.82) is 0 Å². The van der Waals surface area contributed by atoms with E-state index in [9.17, 15) is 9.90 Å². The molecule has 2 N–H and O–H groups in total. The summed E-state index contributed by atoms with van der Waals surface area (Å²) in [6.07, 6.45) is 4.44. The summed E-state index contributed by atoms with van der Waals surface area (Å²) in [7, 11) is 0. The molecule has 0 bridgehead atoms. The summed E-state index contributed by atoms with van der Waals surface area (Å²) in [5.74, 6) is 2.57. The minimum absolute atomic E-state index is 0.0923. The number of ether oxygens (including phenoxy) is 1. The summed E-state index contributed by atoms with van der Waals surface area (Å²) in [4.78, 5) is 11.2. The van der Waals surface area contributed by atoms with Crippen LogP contribution in [0.5, 0.6) is 5.75 Å². The van der Waals surface area contributed by atoms with Gasteiger partial charge in [-0.2, -0.15) is 0 Å². The second-order valence-corrected chi connectivity index (χ2v) is 3.52. The first kappa shape index (κ1) is 13.1. The Bertz CT molecular complexity index is 421. The molecule has 17 heavy (non-hydrogen) atoms. The second-order valence-electron chi connectivity index (χ2n) is 3.52. The Morgan fingerprint density at radius 3 is 3.06 bits per heavy atom. The van der Waals surface area contributed by atoms with Crippen LogP contribution in [0.4, 0.5) is 0 Å². The van der Waals surface area contributed by atoms with Crippen LogP contribution < -0.4 is 10.1 Å². The average molecular weight is 233 g/mol. The van der Waals surface area contributed by atoms with Crippen LogP contribution in [0.15, 0.2) is 24.3 Å². The first-order chi connectivity index (χ1) is 8.13. The van der Waals surface area contributed by atoms with Gasteiger partial charge in [0.1, 0.15) is 5.75 Å². The van der Waals surface area contributed by atoms with E-state index in [4.69, 9.17) is 11.2 Å². The maximum atomic E-state index is 11.2. The van der Waals surface area contributed by atoms with Gasteiger partial charge in [0.15, 0.2) is 6.61 Å². The molecule has 0 spiro atoms. The minimum Gasteiger partial charge on any atom is -0.484 e. The SMILES string of the molecule is C#CCNC(=O)COc1cccc([C@@H](C)O)c1. The normalized spacial score (nSPS) is 11.4. The molecule has 90 valence electrons. The minimum atomic E-state index is -0.561. The molecule has 0 aromatic heterocycles. The summed E-state index contributed by atoms with van der Waals surface area (Å²) in [5, 5.41) is 11.9. The van der Waals surface area contributed by atoms with Crippen LogP contribution in [-0.2, 0) is 4.79 Å². The van der Waals surface area contributed by atoms with E-state index in [0.29, 0.717) is 5.75 Å². The molecule has 0 aliphatic carbocycles. The number of aliphatic hydroxyl groups is 1. The Morgan fingerprint density at radius 2 is 2.41 bits per heavy atom. The third-order valence-corrected chi connectivity index (χ3v) is 2.10. The molecule has 0 aliphatic rings. The van der Waals surface area contributed by atoms with Gasteiger partial charge in [0.25, 0.3) is 5.91 Å². The van der Waals surface area contributed by atoms with E-state index in [1.54, 1.807) is 31.2 Å². The second kappa shape index (κ2) is 6.56. The van der Waals surface area contributed by atoms with Gasteiger partial charge in [-0.1, -0.05) is 18.1 Å². The lowest BCUT2D eigenvalue weighted by Gasteiger charge is -2.09. The molecule has 0 aliphatic heterocycles. The van der Waals surface area contributed by atoms with Crippen molar-refractivity contribution in [3.05, 3.63) is 29.8 Å². The average Bonchev–Trinajstić information content (AvgIpc) is 2.34. The van der Waals surface area contributed by atoms with Crippen molar-refractivity contribution >= 4 is 5.91 Å². The Balaban J connectivity index is 2.49. The van der Waals surface area contributed by atoms with Crippen molar-refractivity contribution in [2.75, 3.05) is 13.2 Å². The number of benzene rings is 1. The van der Waals surface area contributed by atoms with E-state index in [1.165, 1.54) is 0 Å². The quantitative estimate of drug-likeness (QED) is 0.742. The van der Waals surface area contributed by atoms with Gasteiger partial charge in [-0.25, -0.2) is 0 Å². The highest BCUT2D eigenvalue weighted by atomic mass is 16.5. The largest absolute Gasteiger partial charge is 0.484 e. The Kier molecular flexibility index (Phi) is 5.05. The number of aliphatic hydroxyl groups excluding tert-OH is 1. The van der Waals surface area contributed by atoms with Gasteiger partial charge in [-0.05, 0) is 24.6 Å². The van der Waals surface area contributed by atoms with Crippen LogP contribution in [0.3, 0.4) is 0 Å². The van der Waals surface area contributed by atoms with Crippen LogP contribution in [0.25, 0.3) is 0 Å². The predicted molar refractivity (Wildman–Crippen MR) is 64.4 cm³/mol. The molecule has 0 fully saturated rings. The number of rotatable bonds is 5. The monoisotopic (exact) mass is 233 g/mol. The zero-order valence-corrected chi connectivity index (χ0v) is 9.64. The van der Waals surface area contributed by atoms with Gasteiger partial charge >= 0.3 is 0 Å². The zero-order chi connectivity index (χ0) is 12.7. The van der Waals surface area contributed by atoms with Crippen molar-refractivity contribution in [2.24, 2.45) is 0 Å². The highest BCUT2D eigenvalue weighted by Crippen LogP contribution is 2.18. The molecule has 1 aromatic carbocycles. The maximum absolute atomic E-state index is 11.2. The summed E-state index contributed by atoms with van der Waals surface area (Å²) in [6, 6.07) is 6.96. The summed E-state index contributed by atoms with van der Waals surface area (Å²) < 4.78 is 5.26. The highest BCUT2D eigenvalue weighted by molar-refractivity contribution is 5.77. The smallest absolute Gasteiger partial charge is 0.258 e.